The quantitative estimate of drug-likeness (QED) is 0.790. The monoisotopic (exact) mass is 339 g/mol. The molecule has 1 unspecified atom stereocenters. The summed E-state index contributed by atoms with van der Waals surface area (Å²) >= 11 is 0. The number of hydrogen-bond donors (Lipinski definition) is 1. The van der Waals surface area contributed by atoms with Crippen LogP contribution in [0.1, 0.15) is 24.8 Å². The van der Waals surface area contributed by atoms with Crippen LogP contribution in [0, 0.1) is 5.82 Å². The van der Waals surface area contributed by atoms with Gasteiger partial charge in [-0.15, -0.1) is 0 Å². The molecule has 0 aliphatic carbocycles. The molecule has 0 spiro atoms. The number of aliphatic hydroxyl groups excluding tert-OH is 1. The van der Waals surface area contributed by atoms with Gasteiger partial charge in [0.1, 0.15) is 5.82 Å². The molecule has 1 aromatic heterocycles. The van der Waals surface area contributed by atoms with Crippen molar-refractivity contribution < 1.29 is 9.50 Å². The van der Waals surface area contributed by atoms with Gasteiger partial charge in [-0.25, -0.2) is 9.37 Å². The lowest BCUT2D eigenvalue weighted by molar-refractivity contribution is 0.238. The standard InChI is InChI=1S/C20H22FN3O/c21-16-7-5-6-15(12-16)13-24-19-10-2-1-9-18(19)22-20(24)23-11-4-3-8-17(23)14-25/h1-2,5-7,9-10,12,17,25H,3-4,8,11,13-14H2. The van der Waals surface area contributed by atoms with E-state index in [0.29, 0.717) is 6.54 Å². The van der Waals surface area contributed by atoms with E-state index in [1.54, 1.807) is 12.1 Å². The predicted octanol–water partition coefficient (Wildman–Crippen LogP) is 3.57. The summed E-state index contributed by atoms with van der Waals surface area (Å²) in [5, 5.41) is 9.79. The van der Waals surface area contributed by atoms with Gasteiger partial charge in [-0.2, -0.15) is 0 Å². The maximum Gasteiger partial charge on any atom is 0.207 e. The molecule has 4 nitrogen and oxygen atoms in total. The first-order valence-electron chi connectivity index (χ1n) is 8.83. The van der Waals surface area contributed by atoms with Gasteiger partial charge in [-0.1, -0.05) is 24.3 Å². The first kappa shape index (κ1) is 16.1. The topological polar surface area (TPSA) is 41.3 Å². The number of rotatable bonds is 4. The zero-order valence-corrected chi connectivity index (χ0v) is 14.1. The summed E-state index contributed by atoms with van der Waals surface area (Å²) in [5.41, 5.74) is 2.86. The van der Waals surface area contributed by atoms with Crippen LogP contribution < -0.4 is 4.90 Å². The van der Waals surface area contributed by atoms with Crippen LogP contribution in [0.4, 0.5) is 10.3 Å². The fourth-order valence-electron chi connectivity index (χ4n) is 3.71. The lowest BCUT2D eigenvalue weighted by atomic mass is 10.0. The number of aromatic nitrogens is 2. The van der Waals surface area contributed by atoms with E-state index in [1.807, 2.05) is 30.3 Å². The molecule has 0 radical (unpaired) electrons. The Balaban J connectivity index is 1.80. The maximum absolute atomic E-state index is 13.6. The van der Waals surface area contributed by atoms with Gasteiger partial charge < -0.3 is 14.6 Å². The van der Waals surface area contributed by atoms with Crippen molar-refractivity contribution >= 4 is 17.0 Å². The number of aliphatic hydroxyl groups is 1. The molecule has 1 saturated heterocycles. The van der Waals surface area contributed by atoms with Crippen molar-refractivity contribution in [2.45, 2.75) is 31.8 Å². The molecule has 1 atom stereocenters. The molecule has 5 heteroatoms. The molecule has 0 bridgehead atoms. The van der Waals surface area contributed by atoms with Crippen LogP contribution in [0.3, 0.4) is 0 Å². The normalized spacial score (nSPS) is 18.0. The number of imidazole rings is 1. The Morgan fingerprint density at radius 2 is 2.00 bits per heavy atom. The van der Waals surface area contributed by atoms with E-state index in [2.05, 4.69) is 9.47 Å². The summed E-state index contributed by atoms with van der Waals surface area (Å²) in [6, 6.07) is 14.8. The minimum atomic E-state index is -0.227. The first-order valence-corrected chi connectivity index (χ1v) is 8.83. The lowest BCUT2D eigenvalue weighted by Crippen LogP contribution is -2.43. The maximum atomic E-state index is 13.6. The highest BCUT2D eigenvalue weighted by Gasteiger charge is 2.26. The van der Waals surface area contributed by atoms with Gasteiger partial charge in [0.15, 0.2) is 0 Å². The lowest BCUT2D eigenvalue weighted by Gasteiger charge is -2.35. The van der Waals surface area contributed by atoms with Gasteiger partial charge in [-0.05, 0) is 49.1 Å². The van der Waals surface area contributed by atoms with E-state index in [4.69, 9.17) is 4.98 Å². The number of benzene rings is 2. The number of piperidine rings is 1. The van der Waals surface area contributed by atoms with Gasteiger partial charge in [0.25, 0.3) is 0 Å². The van der Waals surface area contributed by atoms with E-state index < -0.39 is 0 Å². The van der Waals surface area contributed by atoms with Gasteiger partial charge in [0.2, 0.25) is 5.95 Å². The average Bonchev–Trinajstić information content (AvgIpc) is 3.00. The predicted molar refractivity (Wildman–Crippen MR) is 97.3 cm³/mol. The Morgan fingerprint density at radius 1 is 1.12 bits per heavy atom. The molecular weight excluding hydrogens is 317 g/mol. The second-order valence-electron chi connectivity index (χ2n) is 6.64. The largest absolute Gasteiger partial charge is 0.394 e. The number of hydrogen-bond acceptors (Lipinski definition) is 3. The minimum Gasteiger partial charge on any atom is -0.394 e. The average molecular weight is 339 g/mol. The number of anilines is 1. The van der Waals surface area contributed by atoms with E-state index in [-0.39, 0.29) is 18.5 Å². The third-order valence-corrected chi connectivity index (χ3v) is 4.96. The molecule has 4 rings (SSSR count). The molecule has 130 valence electrons. The van der Waals surface area contributed by atoms with Crippen LogP contribution >= 0.6 is 0 Å². The van der Waals surface area contributed by atoms with E-state index in [0.717, 1.165) is 48.4 Å². The number of para-hydroxylation sites is 2. The number of nitrogens with zero attached hydrogens (tertiary/aromatic N) is 3. The third-order valence-electron chi connectivity index (χ3n) is 4.96. The second kappa shape index (κ2) is 6.84. The summed E-state index contributed by atoms with van der Waals surface area (Å²) in [5.74, 6) is 0.638. The molecule has 1 N–H and O–H groups in total. The molecule has 25 heavy (non-hydrogen) atoms. The minimum absolute atomic E-state index is 0.0943. The van der Waals surface area contributed by atoms with Gasteiger partial charge in [0.05, 0.1) is 30.2 Å². The summed E-state index contributed by atoms with van der Waals surface area (Å²) in [6.45, 7) is 1.57. The van der Waals surface area contributed by atoms with Crippen LogP contribution in [0.5, 0.6) is 0 Å². The summed E-state index contributed by atoms with van der Waals surface area (Å²) in [6.07, 6.45) is 3.20. The molecule has 0 amide bonds. The van der Waals surface area contributed by atoms with Crippen molar-refractivity contribution in [3.63, 3.8) is 0 Å². The Bertz CT molecular complexity index is 876. The van der Waals surface area contributed by atoms with Crippen LogP contribution in [0.15, 0.2) is 48.5 Å². The highest BCUT2D eigenvalue weighted by atomic mass is 19.1. The Kier molecular flexibility index (Phi) is 4.40. The van der Waals surface area contributed by atoms with Gasteiger partial charge >= 0.3 is 0 Å². The SMILES string of the molecule is OCC1CCCCN1c1nc2ccccc2n1Cc1cccc(F)c1. The van der Waals surface area contributed by atoms with Crippen molar-refractivity contribution in [3.8, 4) is 0 Å². The Labute approximate surface area is 146 Å². The molecule has 1 aliphatic heterocycles. The Hall–Kier alpha value is -2.40. The number of halogens is 1. The first-order chi connectivity index (χ1) is 12.3. The summed E-state index contributed by atoms with van der Waals surface area (Å²) < 4.78 is 15.8. The van der Waals surface area contributed by atoms with Crippen molar-refractivity contribution in [2.24, 2.45) is 0 Å². The molecular formula is C20H22FN3O. The van der Waals surface area contributed by atoms with Crippen molar-refractivity contribution in [1.82, 2.24) is 9.55 Å². The fraction of sp³-hybridized carbons (Fsp3) is 0.350. The van der Waals surface area contributed by atoms with Crippen LogP contribution in [0.25, 0.3) is 11.0 Å². The van der Waals surface area contributed by atoms with Crippen molar-refractivity contribution in [2.75, 3.05) is 18.1 Å². The highest BCUT2D eigenvalue weighted by molar-refractivity contribution is 5.79. The molecule has 2 aromatic carbocycles. The molecule has 2 heterocycles. The summed E-state index contributed by atoms with van der Waals surface area (Å²) in [7, 11) is 0. The zero-order valence-electron chi connectivity index (χ0n) is 14.1. The van der Waals surface area contributed by atoms with Crippen LogP contribution in [0.2, 0.25) is 0 Å². The van der Waals surface area contributed by atoms with Crippen LogP contribution in [-0.2, 0) is 6.54 Å². The number of fused-ring (bicyclic) bond motifs is 1. The zero-order chi connectivity index (χ0) is 17.2. The van der Waals surface area contributed by atoms with Crippen molar-refractivity contribution in [1.29, 1.82) is 0 Å². The third kappa shape index (κ3) is 3.12. The Morgan fingerprint density at radius 3 is 2.84 bits per heavy atom. The molecule has 3 aromatic rings. The molecule has 0 saturated carbocycles. The van der Waals surface area contributed by atoms with Gasteiger partial charge in [0, 0.05) is 6.54 Å². The second-order valence-corrected chi connectivity index (χ2v) is 6.64. The fourth-order valence-corrected chi connectivity index (χ4v) is 3.71. The van der Waals surface area contributed by atoms with Crippen molar-refractivity contribution in [3.05, 3.63) is 59.9 Å². The molecule has 1 aliphatic rings. The van der Waals surface area contributed by atoms with Crippen LogP contribution in [-0.4, -0.2) is 33.9 Å². The highest BCUT2D eigenvalue weighted by Crippen LogP contribution is 2.29. The van der Waals surface area contributed by atoms with E-state index >= 15 is 0 Å². The summed E-state index contributed by atoms with van der Waals surface area (Å²) in [4.78, 5) is 7.05. The smallest absolute Gasteiger partial charge is 0.207 e. The van der Waals surface area contributed by atoms with E-state index in [9.17, 15) is 9.50 Å². The molecule has 1 fully saturated rings. The van der Waals surface area contributed by atoms with E-state index in [1.165, 1.54) is 6.07 Å². The van der Waals surface area contributed by atoms with Gasteiger partial charge in [-0.3, -0.25) is 0 Å².